The Morgan fingerprint density at radius 3 is 1.28 bits per heavy atom. The van der Waals surface area contributed by atoms with Gasteiger partial charge in [-0.3, -0.25) is 0 Å². The Bertz CT molecular complexity index is 2910. The van der Waals surface area contributed by atoms with Crippen LogP contribution in [0.5, 0.6) is 0 Å². The van der Waals surface area contributed by atoms with Crippen molar-refractivity contribution in [2.75, 3.05) is 0 Å². The van der Waals surface area contributed by atoms with E-state index in [9.17, 15) is 0 Å². The van der Waals surface area contributed by atoms with Gasteiger partial charge in [0.05, 0.1) is 22.0 Å². The van der Waals surface area contributed by atoms with E-state index < -0.39 is 10.8 Å². The van der Waals surface area contributed by atoms with Gasteiger partial charge in [-0.25, -0.2) is 4.98 Å². The molecule has 0 radical (unpaired) electrons. The lowest BCUT2D eigenvalue weighted by Gasteiger charge is -2.48. The molecule has 1 nitrogen and oxygen atoms in total. The molecule has 0 atom stereocenters. The van der Waals surface area contributed by atoms with Crippen LogP contribution in [-0.2, 0) is 10.8 Å². The number of pyridine rings is 1. The average molecular weight is 684 g/mol. The monoisotopic (exact) mass is 683 g/mol. The summed E-state index contributed by atoms with van der Waals surface area (Å²) < 4.78 is 0. The van der Waals surface area contributed by atoms with Gasteiger partial charge in [0.1, 0.15) is 0 Å². The second-order valence-corrected chi connectivity index (χ2v) is 14.9. The van der Waals surface area contributed by atoms with Gasteiger partial charge in [-0.2, -0.15) is 0 Å². The number of fused-ring (bicyclic) bond motifs is 17. The highest BCUT2D eigenvalue weighted by molar-refractivity contribution is 5.97. The fourth-order valence-electron chi connectivity index (χ4n) is 10.6. The third-order valence-corrected chi connectivity index (χ3v) is 12.6. The second kappa shape index (κ2) is 10.9. The lowest BCUT2D eigenvalue weighted by Crippen LogP contribution is -2.43. The van der Waals surface area contributed by atoms with E-state index in [1.165, 1.54) is 72.3 Å². The maximum Gasteiger partial charge on any atom is 0.0787 e. The fraction of sp³-hybridized carbons (Fsp3) is 0.0377. The van der Waals surface area contributed by atoms with Gasteiger partial charge in [-0.15, -0.1) is 0 Å². The molecule has 0 saturated carbocycles. The van der Waals surface area contributed by atoms with Crippen LogP contribution in [0.2, 0.25) is 0 Å². The highest BCUT2D eigenvalue weighted by Gasteiger charge is 2.58. The van der Waals surface area contributed by atoms with Crippen LogP contribution in [0.3, 0.4) is 0 Å². The van der Waals surface area contributed by atoms with Gasteiger partial charge in [0, 0.05) is 16.5 Å². The molecule has 1 heterocycles. The zero-order valence-electron chi connectivity index (χ0n) is 29.5. The summed E-state index contributed by atoms with van der Waals surface area (Å²) >= 11 is 0. The lowest BCUT2D eigenvalue weighted by atomic mass is 9.52. The van der Waals surface area contributed by atoms with Crippen molar-refractivity contribution in [1.82, 2.24) is 4.98 Å². The minimum Gasteiger partial charge on any atom is -0.247 e. The van der Waals surface area contributed by atoms with Crippen LogP contribution >= 0.6 is 0 Å². The smallest absolute Gasteiger partial charge is 0.0787 e. The molecule has 0 amide bonds. The molecule has 2 spiro atoms. The molecule has 1 aromatic heterocycles. The van der Waals surface area contributed by atoms with E-state index in [0.717, 1.165) is 27.7 Å². The molecular weight excluding hydrogens is 651 g/mol. The van der Waals surface area contributed by atoms with Crippen molar-refractivity contribution in [3.63, 3.8) is 0 Å². The van der Waals surface area contributed by atoms with Crippen LogP contribution in [-0.4, -0.2) is 4.98 Å². The molecule has 0 saturated heterocycles. The van der Waals surface area contributed by atoms with Crippen molar-refractivity contribution < 1.29 is 0 Å². The highest BCUT2D eigenvalue weighted by Crippen LogP contribution is 2.67. The molecular formula is C53H33N. The van der Waals surface area contributed by atoms with E-state index >= 15 is 0 Å². The summed E-state index contributed by atoms with van der Waals surface area (Å²) in [5.74, 6) is 0. The fourth-order valence-corrected chi connectivity index (χ4v) is 10.6. The Hall–Kier alpha value is -6.83. The molecule has 0 unspecified atom stereocenters. The molecule has 8 aromatic carbocycles. The molecule has 12 rings (SSSR count). The number of para-hydroxylation sites is 1. The predicted molar refractivity (Wildman–Crippen MR) is 221 cm³/mol. The van der Waals surface area contributed by atoms with Crippen molar-refractivity contribution in [3.05, 3.63) is 245 Å². The maximum atomic E-state index is 5.37. The van der Waals surface area contributed by atoms with Gasteiger partial charge in [0.15, 0.2) is 0 Å². The Morgan fingerprint density at radius 1 is 0.278 bits per heavy atom. The van der Waals surface area contributed by atoms with Crippen molar-refractivity contribution >= 4 is 10.9 Å². The van der Waals surface area contributed by atoms with E-state index in [4.69, 9.17) is 4.98 Å². The van der Waals surface area contributed by atoms with Gasteiger partial charge in [0.25, 0.3) is 0 Å². The Morgan fingerprint density at radius 2 is 0.722 bits per heavy atom. The van der Waals surface area contributed by atoms with E-state index in [2.05, 4.69) is 200 Å². The SMILES string of the molecule is c1ccc(-c2cccc3ccc(-c4ccc5c(c4)-c4ccccc4C54c5ccccc5C5(c6ccccc6-c6ccccc65)c5ccccc54)nc23)cc1. The zero-order chi connectivity index (χ0) is 35.4. The standard InChI is InChI=1S/C53H33N/c1-2-15-34(16-3-1)37-21-14-17-35-30-32-50(54-51(35)37)36-29-31-45-41(33-36)40-20-6-9-24-44(40)53(45)48-27-12-10-25-46(48)52(47-26-11-13-28-49(47)53)42-22-7-4-18-38(42)39-19-5-8-23-43(39)52/h1-33H. The third kappa shape index (κ3) is 3.61. The van der Waals surface area contributed by atoms with Crippen LogP contribution in [0.15, 0.2) is 200 Å². The number of hydrogen-bond acceptors (Lipinski definition) is 1. The summed E-state index contributed by atoms with van der Waals surface area (Å²) in [5, 5.41) is 1.14. The van der Waals surface area contributed by atoms with Crippen LogP contribution in [0.4, 0.5) is 0 Å². The lowest BCUT2D eigenvalue weighted by molar-refractivity contribution is 0.633. The topological polar surface area (TPSA) is 12.9 Å². The van der Waals surface area contributed by atoms with E-state index in [-0.39, 0.29) is 0 Å². The summed E-state index contributed by atoms with van der Waals surface area (Å²) in [6.07, 6.45) is 0. The van der Waals surface area contributed by atoms with Crippen LogP contribution in [0.1, 0.15) is 44.5 Å². The Kier molecular flexibility index (Phi) is 5.97. The zero-order valence-corrected chi connectivity index (χ0v) is 29.5. The first-order valence-corrected chi connectivity index (χ1v) is 18.9. The van der Waals surface area contributed by atoms with Gasteiger partial charge < -0.3 is 0 Å². The molecule has 9 aromatic rings. The van der Waals surface area contributed by atoms with Gasteiger partial charge >= 0.3 is 0 Å². The van der Waals surface area contributed by atoms with Crippen molar-refractivity contribution in [2.24, 2.45) is 0 Å². The average Bonchev–Trinajstić information content (AvgIpc) is 3.71. The van der Waals surface area contributed by atoms with Crippen molar-refractivity contribution in [2.45, 2.75) is 10.8 Å². The number of benzene rings is 8. The van der Waals surface area contributed by atoms with Gasteiger partial charge in [-0.05, 0) is 84.5 Å². The molecule has 1 heteroatoms. The molecule has 0 bridgehead atoms. The molecule has 0 N–H and O–H groups in total. The van der Waals surface area contributed by atoms with Crippen molar-refractivity contribution in [1.29, 1.82) is 0 Å². The number of aromatic nitrogens is 1. The first kappa shape index (κ1) is 29.7. The van der Waals surface area contributed by atoms with Gasteiger partial charge in [0.2, 0.25) is 0 Å². The second-order valence-electron chi connectivity index (χ2n) is 14.9. The quantitative estimate of drug-likeness (QED) is 0.177. The molecule has 54 heavy (non-hydrogen) atoms. The predicted octanol–water partition coefficient (Wildman–Crippen LogP) is 12.6. The molecule has 0 fully saturated rings. The Balaban J connectivity index is 1.14. The molecule has 250 valence electrons. The Labute approximate surface area is 314 Å². The van der Waals surface area contributed by atoms with Crippen LogP contribution < -0.4 is 0 Å². The first-order chi connectivity index (χ1) is 26.8. The van der Waals surface area contributed by atoms with E-state index in [1.54, 1.807) is 0 Å². The maximum absolute atomic E-state index is 5.37. The highest BCUT2D eigenvalue weighted by atomic mass is 14.7. The molecule has 0 aliphatic heterocycles. The van der Waals surface area contributed by atoms with Crippen LogP contribution in [0, 0.1) is 0 Å². The van der Waals surface area contributed by atoms with Crippen molar-refractivity contribution in [3.8, 4) is 44.6 Å². The molecule has 3 aliphatic carbocycles. The minimum atomic E-state index is -0.493. The van der Waals surface area contributed by atoms with Crippen LogP contribution in [0.25, 0.3) is 55.5 Å². The number of hydrogen-bond donors (Lipinski definition) is 0. The largest absolute Gasteiger partial charge is 0.247 e. The summed E-state index contributed by atoms with van der Waals surface area (Å²) in [6, 6.07) is 74.4. The first-order valence-electron chi connectivity index (χ1n) is 18.9. The summed E-state index contributed by atoms with van der Waals surface area (Å²) in [6.45, 7) is 0. The number of rotatable bonds is 2. The minimum absolute atomic E-state index is 0.436. The summed E-state index contributed by atoms with van der Waals surface area (Å²) in [7, 11) is 0. The van der Waals surface area contributed by atoms with E-state index in [0.29, 0.717) is 0 Å². The van der Waals surface area contributed by atoms with E-state index in [1.807, 2.05) is 0 Å². The summed E-state index contributed by atoms with van der Waals surface area (Å²) in [4.78, 5) is 5.37. The van der Waals surface area contributed by atoms with Gasteiger partial charge in [-0.1, -0.05) is 188 Å². The third-order valence-electron chi connectivity index (χ3n) is 12.6. The summed E-state index contributed by atoms with van der Waals surface area (Å²) in [5.41, 5.74) is 20.5. The normalized spacial score (nSPS) is 14.6. The molecule has 3 aliphatic rings. The number of nitrogens with zero attached hydrogens (tertiary/aromatic N) is 1.